The SMILES string of the molecule is COCCOP(=O)(O)Cc1ccc2c(ccn2C(C)(C)C)c1. The van der Waals surface area contributed by atoms with Crippen LogP contribution in [0.2, 0.25) is 0 Å². The standard InChI is InChI=1S/C16H24NO4P/c1-16(2,3)17-8-7-14-11-13(5-6-15(14)17)12-22(18,19)21-10-9-20-4/h5-8,11H,9-10,12H2,1-4H3,(H,18,19). The summed E-state index contributed by atoms with van der Waals surface area (Å²) in [7, 11) is -2.11. The van der Waals surface area contributed by atoms with Gasteiger partial charge in [-0.3, -0.25) is 4.57 Å². The van der Waals surface area contributed by atoms with Gasteiger partial charge in [0, 0.05) is 24.4 Å². The molecule has 0 saturated heterocycles. The second-order valence-corrected chi connectivity index (χ2v) is 8.22. The van der Waals surface area contributed by atoms with Gasteiger partial charge in [0.15, 0.2) is 0 Å². The fraction of sp³-hybridized carbons (Fsp3) is 0.500. The second kappa shape index (κ2) is 6.55. The van der Waals surface area contributed by atoms with Gasteiger partial charge in [0.05, 0.1) is 19.4 Å². The molecule has 1 aromatic heterocycles. The lowest BCUT2D eigenvalue weighted by Crippen LogP contribution is -2.20. The molecule has 1 unspecified atom stereocenters. The zero-order chi connectivity index (χ0) is 16.4. The summed E-state index contributed by atoms with van der Waals surface area (Å²) in [4.78, 5) is 9.87. The van der Waals surface area contributed by atoms with Crippen LogP contribution in [0.3, 0.4) is 0 Å². The van der Waals surface area contributed by atoms with Crippen LogP contribution in [-0.4, -0.2) is 29.8 Å². The Labute approximate surface area is 131 Å². The van der Waals surface area contributed by atoms with E-state index in [4.69, 9.17) is 9.26 Å². The van der Waals surface area contributed by atoms with Crippen molar-refractivity contribution in [3.63, 3.8) is 0 Å². The first kappa shape index (κ1) is 17.2. The van der Waals surface area contributed by atoms with E-state index in [0.717, 1.165) is 16.5 Å². The summed E-state index contributed by atoms with van der Waals surface area (Å²) in [5, 5.41) is 1.06. The lowest BCUT2D eigenvalue weighted by atomic mass is 10.1. The van der Waals surface area contributed by atoms with Gasteiger partial charge in [-0.25, -0.2) is 0 Å². The molecular formula is C16H24NO4P. The van der Waals surface area contributed by atoms with Crippen molar-refractivity contribution >= 4 is 18.5 Å². The molecule has 22 heavy (non-hydrogen) atoms. The first-order chi connectivity index (χ1) is 10.2. The summed E-state index contributed by atoms with van der Waals surface area (Å²) in [6.45, 7) is 6.86. The Morgan fingerprint density at radius 2 is 1.95 bits per heavy atom. The first-order valence-corrected chi connectivity index (χ1v) is 9.05. The van der Waals surface area contributed by atoms with E-state index >= 15 is 0 Å². The van der Waals surface area contributed by atoms with Crippen LogP contribution in [0.1, 0.15) is 26.3 Å². The molecular weight excluding hydrogens is 301 g/mol. The summed E-state index contributed by atoms with van der Waals surface area (Å²) in [5.74, 6) is 0. The Bertz CT molecular complexity index is 687. The maximum Gasteiger partial charge on any atom is 0.332 e. The highest BCUT2D eigenvalue weighted by molar-refractivity contribution is 7.51. The lowest BCUT2D eigenvalue weighted by Gasteiger charge is -2.22. The smallest absolute Gasteiger partial charge is 0.332 e. The van der Waals surface area contributed by atoms with Gasteiger partial charge in [0.2, 0.25) is 0 Å². The summed E-state index contributed by atoms with van der Waals surface area (Å²) in [6, 6.07) is 7.84. The molecule has 0 saturated carbocycles. The molecule has 0 spiro atoms. The Morgan fingerprint density at radius 1 is 1.23 bits per heavy atom. The molecule has 1 N–H and O–H groups in total. The predicted octanol–water partition coefficient (Wildman–Crippen LogP) is 3.74. The number of nitrogens with zero attached hydrogens (tertiary/aromatic N) is 1. The average molecular weight is 325 g/mol. The van der Waals surface area contributed by atoms with Crippen LogP contribution >= 0.6 is 7.60 Å². The van der Waals surface area contributed by atoms with Crippen LogP contribution in [0.5, 0.6) is 0 Å². The van der Waals surface area contributed by atoms with Crippen molar-refractivity contribution in [1.82, 2.24) is 4.57 Å². The Kier molecular flexibility index (Phi) is 5.13. The molecule has 0 aliphatic heterocycles. The Balaban J connectivity index is 2.19. The third-order valence-corrected chi connectivity index (χ3v) is 4.79. The van der Waals surface area contributed by atoms with Crippen molar-refractivity contribution in [3.05, 3.63) is 36.0 Å². The van der Waals surface area contributed by atoms with E-state index in [1.54, 1.807) is 0 Å². The number of hydrogen-bond donors (Lipinski definition) is 1. The van der Waals surface area contributed by atoms with E-state index in [9.17, 15) is 9.46 Å². The minimum atomic E-state index is -3.63. The van der Waals surface area contributed by atoms with Gasteiger partial charge in [0.1, 0.15) is 0 Å². The number of aromatic nitrogens is 1. The van der Waals surface area contributed by atoms with E-state index in [0.29, 0.717) is 6.61 Å². The zero-order valence-electron chi connectivity index (χ0n) is 13.6. The third-order valence-electron chi connectivity index (χ3n) is 3.44. The first-order valence-electron chi connectivity index (χ1n) is 7.29. The number of benzene rings is 1. The quantitative estimate of drug-likeness (QED) is 0.649. The highest BCUT2D eigenvalue weighted by Crippen LogP contribution is 2.45. The summed E-state index contributed by atoms with van der Waals surface area (Å²) in [6.07, 6.45) is 2.05. The average Bonchev–Trinajstić information content (AvgIpc) is 2.81. The molecule has 122 valence electrons. The summed E-state index contributed by atoms with van der Waals surface area (Å²) in [5.41, 5.74) is 1.91. The molecule has 0 radical (unpaired) electrons. The minimum absolute atomic E-state index is 0.00119. The van der Waals surface area contributed by atoms with E-state index in [-0.39, 0.29) is 18.3 Å². The van der Waals surface area contributed by atoms with Crippen molar-refractivity contribution in [1.29, 1.82) is 0 Å². The zero-order valence-corrected chi connectivity index (χ0v) is 14.5. The minimum Gasteiger partial charge on any atom is -0.382 e. The molecule has 1 atom stereocenters. The molecule has 0 aliphatic carbocycles. The summed E-state index contributed by atoms with van der Waals surface area (Å²) >= 11 is 0. The van der Waals surface area contributed by atoms with Gasteiger partial charge >= 0.3 is 7.60 Å². The fourth-order valence-corrected chi connectivity index (χ4v) is 3.52. The van der Waals surface area contributed by atoms with Gasteiger partial charge in [-0.05, 0) is 49.9 Å². The topological polar surface area (TPSA) is 60.7 Å². The molecule has 0 aliphatic rings. The maximum absolute atomic E-state index is 12.0. The monoisotopic (exact) mass is 325 g/mol. The highest BCUT2D eigenvalue weighted by atomic mass is 31.2. The highest BCUT2D eigenvalue weighted by Gasteiger charge is 2.21. The van der Waals surface area contributed by atoms with Crippen LogP contribution in [0.4, 0.5) is 0 Å². The number of methoxy groups -OCH3 is 1. The van der Waals surface area contributed by atoms with Gasteiger partial charge in [-0.2, -0.15) is 0 Å². The van der Waals surface area contributed by atoms with Crippen molar-refractivity contribution in [2.24, 2.45) is 0 Å². The molecule has 5 nitrogen and oxygen atoms in total. The maximum atomic E-state index is 12.0. The predicted molar refractivity (Wildman–Crippen MR) is 88.3 cm³/mol. The summed E-state index contributed by atoms with van der Waals surface area (Å²) < 4.78 is 24.1. The molecule has 0 fully saturated rings. The van der Waals surface area contributed by atoms with Gasteiger partial charge in [-0.1, -0.05) is 6.07 Å². The van der Waals surface area contributed by atoms with Crippen LogP contribution in [-0.2, 0) is 25.5 Å². The van der Waals surface area contributed by atoms with E-state index in [1.807, 2.05) is 30.5 Å². The van der Waals surface area contributed by atoms with Gasteiger partial charge < -0.3 is 18.7 Å². The third kappa shape index (κ3) is 4.20. The second-order valence-electron chi connectivity index (χ2n) is 6.37. The number of fused-ring (bicyclic) bond motifs is 1. The van der Waals surface area contributed by atoms with Crippen LogP contribution < -0.4 is 0 Å². The molecule has 0 bridgehead atoms. The van der Waals surface area contributed by atoms with Crippen LogP contribution in [0.25, 0.3) is 10.9 Å². The van der Waals surface area contributed by atoms with Crippen molar-refractivity contribution < 1.29 is 18.7 Å². The van der Waals surface area contributed by atoms with Gasteiger partial charge in [0.25, 0.3) is 0 Å². The van der Waals surface area contributed by atoms with Gasteiger partial charge in [-0.15, -0.1) is 0 Å². The van der Waals surface area contributed by atoms with Crippen molar-refractivity contribution in [2.75, 3.05) is 20.3 Å². The van der Waals surface area contributed by atoms with E-state index in [1.165, 1.54) is 7.11 Å². The molecule has 6 heteroatoms. The normalized spacial score (nSPS) is 15.1. The number of ether oxygens (including phenoxy) is 1. The van der Waals surface area contributed by atoms with Crippen LogP contribution in [0, 0.1) is 0 Å². The largest absolute Gasteiger partial charge is 0.382 e. The lowest BCUT2D eigenvalue weighted by molar-refractivity contribution is 0.137. The number of hydrogen-bond acceptors (Lipinski definition) is 3. The Hall–Kier alpha value is -1.13. The molecule has 2 aromatic rings. The molecule has 1 heterocycles. The fourth-order valence-electron chi connectivity index (χ4n) is 2.41. The van der Waals surface area contributed by atoms with E-state index in [2.05, 4.69) is 25.3 Å². The van der Waals surface area contributed by atoms with Crippen LogP contribution in [0.15, 0.2) is 30.5 Å². The molecule has 1 aromatic carbocycles. The van der Waals surface area contributed by atoms with Crippen molar-refractivity contribution in [2.45, 2.75) is 32.5 Å². The van der Waals surface area contributed by atoms with E-state index < -0.39 is 7.60 Å². The molecule has 0 amide bonds. The number of rotatable bonds is 6. The molecule has 2 rings (SSSR count). The van der Waals surface area contributed by atoms with Crippen molar-refractivity contribution in [3.8, 4) is 0 Å². The Morgan fingerprint density at radius 3 is 2.59 bits per heavy atom.